The minimum absolute atomic E-state index is 0.0908. The van der Waals surface area contributed by atoms with E-state index in [1.165, 1.54) is 17.1 Å². The number of nitrogens with two attached hydrogens (primary N) is 2. The van der Waals surface area contributed by atoms with E-state index in [1.54, 1.807) is 0 Å². The van der Waals surface area contributed by atoms with E-state index in [1.807, 2.05) is 18.7 Å². The third-order valence-corrected chi connectivity index (χ3v) is 2.75. The van der Waals surface area contributed by atoms with Gasteiger partial charge in [0.25, 0.3) is 11.9 Å². The van der Waals surface area contributed by atoms with Gasteiger partial charge in [-0.15, -0.1) is 0 Å². The number of carbonyl (C=O) groups excluding carboxylic acids is 1. The lowest BCUT2D eigenvalue weighted by Crippen LogP contribution is -2.25. The van der Waals surface area contributed by atoms with Gasteiger partial charge >= 0.3 is 0 Å². The predicted molar refractivity (Wildman–Crippen MR) is 73.4 cm³/mol. The Morgan fingerprint density at radius 1 is 1.30 bits per heavy atom. The van der Waals surface area contributed by atoms with Gasteiger partial charge in [0, 0.05) is 19.3 Å². The van der Waals surface area contributed by atoms with Crippen LogP contribution in [0.1, 0.15) is 24.2 Å². The average molecular weight is 276 g/mol. The molecular formula is C11H16N8O. The molecule has 0 fully saturated rings. The molecule has 0 spiro atoms. The van der Waals surface area contributed by atoms with Crippen LogP contribution in [-0.4, -0.2) is 43.7 Å². The first-order valence-electron chi connectivity index (χ1n) is 6.16. The zero-order valence-corrected chi connectivity index (χ0v) is 11.3. The zero-order chi connectivity index (χ0) is 14.7. The van der Waals surface area contributed by atoms with Gasteiger partial charge in [-0.2, -0.15) is 20.1 Å². The van der Waals surface area contributed by atoms with Gasteiger partial charge < -0.3 is 16.4 Å². The molecule has 1 amide bonds. The molecule has 0 bridgehead atoms. The van der Waals surface area contributed by atoms with Crippen LogP contribution in [0, 0.1) is 0 Å². The van der Waals surface area contributed by atoms with Gasteiger partial charge in [-0.1, -0.05) is 0 Å². The minimum Gasteiger partial charge on any atom is -0.368 e. The SMILES string of the molecule is CCN(CC)c1nc(N)nc(-n2cc(C(N)=O)cn2)n1. The second-order valence-corrected chi connectivity index (χ2v) is 4.00. The number of amides is 1. The van der Waals surface area contributed by atoms with Gasteiger partial charge in [0.1, 0.15) is 0 Å². The standard InChI is InChI=1S/C11H16N8O/c1-3-18(4-2)10-15-9(13)16-11(17-10)19-6-7(5-14-19)8(12)20/h5-6H,3-4H2,1-2H3,(H2,12,20)(H2,13,15,16,17). The molecule has 4 N–H and O–H groups in total. The van der Waals surface area contributed by atoms with Crippen molar-refractivity contribution in [2.24, 2.45) is 5.73 Å². The molecule has 2 aromatic rings. The van der Waals surface area contributed by atoms with Crippen molar-refractivity contribution in [1.29, 1.82) is 0 Å². The lowest BCUT2D eigenvalue weighted by molar-refractivity contribution is 0.100. The molecule has 2 heterocycles. The van der Waals surface area contributed by atoms with Crippen molar-refractivity contribution >= 4 is 17.8 Å². The van der Waals surface area contributed by atoms with E-state index in [9.17, 15) is 4.79 Å². The Bertz CT molecular complexity index is 619. The predicted octanol–water partition coefficient (Wildman–Crippen LogP) is -0.415. The average Bonchev–Trinajstić information content (AvgIpc) is 2.89. The summed E-state index contributed by atoms with van der Waals surface area (Å²) in [6.45, 7) is 5.46. The molecule has 0 saturated carbocycles. The Labute approximate surface area is 115 Å². The number of carbonyl (C=O) groups is 1. The van der Waals surface area contributed by atoms with Crippen LogP contribution in [0.2, 0.25) is 0 Å². The van der Waals surface area contributed by atoms with Crippen LogP contribution < -0.4 is 16.4 Å². The molecule has 2 rings (SSSR count). The molecule has 2 aromatic heterocycles. The summed E-state index contributed by atoms with van der Waals surface area (Å²) in [5.74, 6) is 0.232. The maximum absolute atomic E-state index is 11.1. The van der Waals surface area contributed by atoms with Crippen molar-refractivity contribution in [1.82, 2.24) is 24.7 Å². The van der Waals surface area contributed by atoms with Gasteiger partial charge in [-0.25, -0.2) is 4.68 Å². The first kappa shape index (κ1) is 13.7. The monoisotopic (exact) mass is 276 g/mol. The Hall–Kier alpha value is -2.71. The smallest absolute Gasteiger partial charge is 0.257 e. The fourth-order valence-electron chi connectivity index (χ4n) is 1.68. The number of rotatable bonds is 5. The molecule has 9 nitrogen and oxygen atoms in total. The second-order valence-electron chi connectivity index (χ2n) is 4.00. The third-order valence-electron chi connectivity index (χ3n) is 2.75. The second kappa shape index (κ2) is 5.51. The molecule has 0 aliphatic heterocycles. The van der Waals surface area contributed by atoms with Crippen LogP contribution in [0.5, 0.6) is 0 Å². The van der Waals surface area contributed by atoms with E-state index in [2.05, 4.69) is 20.1 Å². The number of aromatic nitrogens is 5. The Kier molecular flexibility index (Phi) is 3.78. The molecule has 9 heteroatoms. The van der Waals surface area contributed by atoms with Crippen molar-refractivity contribution in [2.75, 3.05) is 23.7 Å². The summed E-state index contributed by atoms with van der Waals surface area (Å²) in [5, 5.41) is 3.99. The first-order valence-corrected chi connectivity index (χ1v) is 6.16. The summed E-state index contributed by atoms with van der Waals surface area (Å²) in [6, 6.07) is 0. The van der Waals surface area contributed by atoms with E-state index in [-0.39, 0.29) is 17.5 Å². The van der Waals surface area contributed by atoms with Crippen molar-refractivity contribution in [3.8, 4) is 5.95 Å². The molecule has 0 atom stereocenters. The van der Waals surface area contributed by atoms with Gasteiger partial charge in [0.05, 0.1) is 11.8 Å². The number of hydrogen-bond donors (Lipinski definition) is 2. The molecule has 0 radical (unpaired) electrons. The lowest BCUT2D eigenvalue weighted by Gasteiger charge is -2.18. The van der Waals surface area contributed by atoms with E-state index < -0.39 is 5.91 Å². The minimum atomic E-state index is -0.567. The Morgan fingerprint density at radius 3 is 2.55 bits per heavy atom. The van der Waals surface area contributed by atoms with Crippen molar-refractivity contribution in [3.05, 3.63) is 18.0 Å². The Morgan fingerprint density at radius 2 is 2.00 bits per heavy atom. The molecule has 106 valence electrons. The summed E-state index contributed by atoms with van der Waals surface area (Å²) in [7, 11) is 0. The van der Waals surface area contributed by atoms with E-state index in [0.29, 0.717) is 5.95 Å². The fraction of sp³-hybridized carbons (Fsp3) is 0.364. The zero-order valence-electron chi connectivity index (χ0n) is 11.3. The number of nitrogens with zero attached hydrogens (tertiary/aromatic N) is 6. The van der Waals surface area contributed by atoms with Crippen LogP contribution in [0.3, 0.4) is 0 Å². The molecular weight excluding hydrogens is 260 g/mol. The lowest BCUT2D eigenvalue weighted by atomic mass is 10.4. The Balaban J connectivity index is 2.43. The molecule has 0 aliphatic rings. The van der Waals surface area contributed by atoms with Crippen LogP contribution >= 0.6 is 0 Å². The molecule has 20 heavy (non-hydrogen) atoms. The molecule has 0 aromatic carbocycles. The highest BCUT2D eigenvalue weighted by molar-refractivity contribution is 5.92. The maximum atomic E-state index is 11.1. The van der Waals surface area contributed by atoms with Crippen LogP contribution in [0.25, 0.3) is 5.95 Å². The van der Waals surface area contributed by atoms with Crippen molar-refractivity contribution in [3.63, 3.8) is 0 Å². The highest BCUT2D eigenvalue weighted by Gasteiger charge is 2.13. The van der Waals surface area contributed by atoms with Gasteiger partial charge in [0.2, 0.25) is 11.9 Å². The fourth-order valence-corrected chi connectivity index (χ4v) is 1.68. The molecule has 0 unspecified atom stereocenters. The van der Waals surface area contributed by atoms with E-state index in [0.717, 1.165) is 13.1 Å². The van der Waals surface area contributed by atoms with Gasteiger partial charge in [0.15, 0.2) is 0 Å². The quantitative estimate of drug-likeness (QED) is 0.759. The number of anilines is 2. The summed E-state index contributed by atoms with van der Waals surface area (Å²) in [5.41, 5.74) is 11.1. The van der Waals surface area contributed by atoms with Crippen LogP contribution in [-0.2, 0) is 0 Å². The first-order chi connectivity index (χ1) is 9.55. The number of hydrogen-bond acceptors (Lipinski definition) is 7. The van der Waals surface area contributed by atoms with Gasteiger partial charge in [-0.05, 0) is 13.8 Å². The number of nitrogen functional groups attached to an aromatic ring is 1. The molecule has 0 saturated heterocycles. The van der Waals surface area contributed by atoms with Crippen LogP contribution in [0.15, 0.2) is 12.4 Å². The summed E-state index contributed by atoms with van der Waals surface area (Å²) >= 11 is 0. The normalized spacial score (nSPS) is 10.5. The maximum Gasteiger partial charge on any atom is 0.257 e. The largest absolute Gasteiger partial charge is 0.368 e. The number of primary amides is 1. The summed E-state index contributed by atoms with van der Waals surface area (Å²) < 4.78 is 1.34. The highest BCUT2D eigenvalue weighted by atomic mass is 16.1. The van der Waals surface area contributed by atoms with Crippen LogP contribution in [0.4, 0.5) is 11.9 Å². The van der Waals surface area contributed by atoms with E-state index >= 15 is 0 Å². The molecule has 0 aliphatic carbocycles. The summed E-state index contributed by atoms with van der Waals surface area (Å²) in [4.78, 5) is 25.4. The van der Waals surface area contributed by atoms with Gasteiger partial charge in [-0.3, -0.25) is 4.79 Å². The van der Waals surface area contributed by atoms with Crippen molar-refractivity contribution in [2.45, 2.75) is 13.8 Å². The summed E-state index contributed by atoms with van der Waals surface area (Å²) in [6.07, 6.45) is 2.79. The third kappa shape index (κ3) is 2.66. The highest BCUT2D eigenvalue weighted by Crippen LogP contribution is 2.11. The topological polar surface area (TPSA) is 129 Å². The van der Waals surface area contributed by atoms with E-state index in [4.69, 9.17) is 11.5 Å². The van der Waals surface area contributed by atoms with Crippen molar-refractivity contribution < 1.29 is 4.79 Å².